The zero-order chi connectivity index (χ0) is 47.9. The second-order valence-corrected chi connectivity index (χ2v) is 18.9. The normalized spacial score (nSPS) is 12.5. The highest BCUT2D eigenvalue weighted by molar-refractivity contribution is 5.71. The lowest BCUT2D eigenvalue weighted by molar-refractivity contribution is -0.166. The molecule has 6 heteroatoms. The molecular formula is C60H106O6. The van der Waals surface area contributed by atoms with Gasteiger partial charge in [0.15, 0.2) is 6.10 Å². The quantitative estimate of drug-likeness (QED) is 0.0199. The molecule has 0 bridgehead atoms. The first-order chi connectivity index (χ1) is 32.5. The number of hydrogen-bond donors (Lipinski definition) is 0. The van der Waals surface area contributed by atoms with Crippen molar-refractivity contribution < 1.29 is 28.6 Å². The molecule has 6 nitrogen and oxygen atoms in total. The molecule has 0 aromatic carbocycles. The molecule has 0 aromatic rings. The molecule has 0 rings (SSSR count). The number of carbonyl (C=O) groups is 3. The standard InChI is InChI=1S/C60H106O6/c1-4-7-10-13-16-19-22-25-27-29-31-32-35-38-41-44-47-50-53-59(62)65-56-57(55-64-58(61)52-49-46-43-40-37-34-24-21-18-15-12-9-6-3)66-60(63)54-51-48-45-42-39-36-33-30-28-26-23-20-17-14-11-8-5-2/h22,25,27,29,31-32,34,37,43,46,57H,4-21,23-24,26,28,30,33,35-36,38-42,44-45,47-56H2,1-3H3/b25-22+,29-27+,32-31+,37-34+,46-43+. The van der Waals surface area contributed by atoms with E-state index in [0.29, 0.717) is 19.3 Å². The highest BCUT2D eigenvalue weighted by Gasteiger charge is 2.19. The summed E-state index contributed by atoms with van der Waals surface area (Å²) in [6.45, 7) is 6.57. The van der Waals surface area contributed by atoms with Gasteiger partial charge in [-0.3, -0.25) is 14.4 Å². The predicted octanol–water partition coefficient (Wildman–Crippen LogP) is 18.8. The van der Waals surface area contributed by atoms with Gasteiger partial charge in [-0.15, -0.1) is 0 Å². The molecule has 0 saturated heterocycles. The molecule has 1 atom stereocenters. The van der Waals surface area contributed by atoms with Crippen LogP contribution in [-0.2, 0) is 28.6 Å². The van der Waals surface area contributed by atoms with Crippen LogP contribution in [0.5, 0.6) is 0 Å². The van der Waals surface area contributed by atoms with Gasteiger partial charge in [-0.1, -0.05) is 261 Å². The number of hydrogen-bond acceptors (Lipinski definition) is 6. The Morgan fingerprint density at radius 2 is 0.636 bits per heavy atom. The summed E-state index contributed by atoms with van der Waals surface area (Å²) in [6, 6.07) is 0. The summed E-state index contributed by atoms with van der Waals surface area (Å²) >= 11 is 0. The van der Waals surface area contributed by atoms with Crippen molar-refractivity contribution in [3.63, 3.8) is 0 Å². The number of unbranched alkanes of at least 4 members (excludes halogenated alkanes) is 32. The maximum absolute atomic E-state index is 12.8. The van der Waals surface area contributed by atoms with Crippen LogP contribution in [0.1, 0.15) is 284 Å². The Morgan fingerprint density at radius 3 is 1.05 bits per heavy atom. The van der Waals surface area contributed by atoms with E-state index in [2.05, 4.69) is 75.5 Å². The van der Waals surface area contributed by atoms with Crippen molar-refractivity contribution in [1.29, 1.82) is 0 Å². The predicted molar refractivity (Wildman–Crippen MR) is 284 cm³/mol. The van der Waals surface area contributed by atoms with Gasteiger partial charge in [0.1, 0.15) is 13.2 Å². The van der Waals surface area contributed by atoms with E-state index in [1.165, 1.54) is 167 Å². The van der Waals surface area contributed by atoms with E-state index in [9.17, 15) is 14.4 Å². The fraction of sp³-hybridized carbons (Fsp3) is 0.783. The second-order valence-electron chi connectivity index (χ2n) is 18.9. The highest BCUT2D eigenvalue weighted by atomic mass is 16.6. The zero-order valence-corrected chi connectivity index (χ0v) is 43.7. The van der Waals surface area contributed by atoms with E-state index in [-0.39, 0.29) is 37.5 Å². The Hall–Kier alpha value is -2.89. The summed E-state index contributed by atoms with van der Waals surface area (Å²) in [5, 5.41) is 0. The van der Waals surface area contributed by atoms with Crippen LogP contribution in [0.2, 0.25) is 0 Å². The van der Waals surface area contributed by atoms with Gasteiger partial charge in [0.05, 0.1) is 0 Å². The van der Waals surface area contributed by atoms with E-state index in [4.69, 9.17) is 14.2 Å². The van der Waals surface area contributed by atoms with Crippen molar-refractivity contribution in [2.45, 2.75) is 290 Å². The van der Waals surface area contributed by atoms with E-state index < -0.39 is 6.10 Å². The number of rotatable bonds is 51. The second kappa shape index (κ2) is 54.7. The Labute approximate surface area is 409 Å². The topological polar surface area (TPSA) is 78.9 Å². The van der Waals surface area contributed by atoms with Gasteiger partial charge in [0, 0.05) is 19.3 Å². The average Bonchev–Trinajstić information content (AvgIpc) is 3.31. The van der Waals surface area contributed by atoms with Crippen LogP contribution >= 0.6 is 0 Å². The van der Waals surface area contributed by atoms with Crippen LogP contribution in [0.3, 0.4) is 0 Å². The van der Waals surface area contributed by atoms with Crippen LogP contribution in [-0.4, -0.2) is 37.2 Å². The smallest absolute Gasteiger partial charge is 0.306 e. The molecule has 0 amide bonds. The number of carbonyl (C=O) groups excluding carboxylic acids is 3. The van der Waals surface area contributed by atoms with Gasteiger partial charge in [0.25, 0.3) is 0 Å². The van der Waals surface area contributed by atoms with Gasteiger partial charge < -0.3 is 14.2 Å². The van der Waals surface area contributed by atoms with Gasteiger partial charge in [-0.25, -0.2) is 0 Å². The van der Waals surface area contributed by atoms with Gasteiger partial charge >= 0.3 is 17.9 Å². The van der Waals surface area contributed by atoms with E-state index in [1.54, 1.807) is 0 Å². The Balaban J connectivity index is 4.44. The molecule has 0 heterocycles. The molecule has 0 saturated carbocycles. The Morgan fingerprint density at radius 1 is 0.318 bits per heavy atom. The fourth-order valence-corrected chi connectivity index (χ4v) is 8.03. The van der Waals surface area contributed by atoms with Crippen LogP contribution in [0.25, 0.3) is 0 Å². The minimum atomic E-state index is -0.803. The van der Waals surface area contributed by atoms with E-state index in [0.717, 1.165) is 70.6 Å². The third-order valence-electron chi connectivity index (χ3n) is 12.3. The molecule has 0 spiro atoms. The largest absolute Gasteiger partial charge is 0.462 e. The van der Waals surface area contributed by atoms with Crippen molar-refractivity contribution in [2.75, 3.05) is 13.2 Å². The zero-order valence-electron chi connectivity index (χ0n) is 43.7. The van der Waals surface area contributed by atoms with Crippen LogP contribution in [0.15, 0.2) is 60.8 Å². The molecule has 0 radical (unpaired) electrons. The van der Waals surface area contributed by atoms with Crippen molar-refractivity contribution in [3.05, 3.63) is 60.8 Å². The highest BCUT2D eigenvalue weighted by Crippen LogP contribution is 2.16. The molecular weight excluding hydrogens is 817 g/mol. The lowest BCUT2D eigenvalue weighted by atomic mass is 10.0. The van der Waals surface area contributed by atoms with Crippen molar-refractivity contribution in [2.24, 2.45) is 0 Å². The summed E-state index contributed by atoms with van der Waals surface area (Å²) in [4.78, 5) is 38.1. The Kier molecular flexibility index (Phi) is 52.3. The lowest BCUT2D eigenvalue weighted by Crippen LogP contribution is -2.30. The molecule has 0 aromatic heterocycles. The summed E-state index contributed by atoms with van der Waals surface area (Å²) in [5.41, 5.74) is 0. The average molecular weight is 924 g/mol. The van der Waals surface area contributed by atoms with Crippen molar-refractivity contribution in [3.8, 4) is 0 Å². The van der Waals surface area contributed by atoms with Gasteiger partial charge in [0.2, 0.25) is 0 Å². The summed E-state index contributed by atoms with van der Waals surface area (Å²) in [5.74, 6) is -0.976. The maximum Gasteiger partial charge on any atom is 0.306 e. The lowest BCUT2D eigenvalue weighted by Gasteiger charge is -2.18. The Bertz CT molecular complexity index is 1200. The van der Waals surface area contributed by atoms with Crippen molar-refractivity contribution >= 4 is 17.9 Å². The molecule has 382 valence electrons. The van der Waals surface area contributed by atoms with Crippen LogP contribution in [0, 0.1) is 0 Å². The van der Waals surface area contributed by atoms with Crippen LogP contribution in [0.4, 0.5) is 0 Å². The fourth-order valence-electron chi connectivity index (χ4n) is 8.03. The monoisotopic (exact) mass is 923 g/mol. The first-order valence-corrected chi connectivity index (χ1v) is 28.3. The SMILES string of the molecule is CCCCCCC/C=C/C=C/C=C/CCCCCCCC(=O)OCC(COC(=O)CC/C=C/C/C=C/CCCCCCCC)OC(=O)CCCCCCCCCCCCCCCCCCC. The first kappa shape index (κ1) is 63.1. The number of allylic oxidation sites excluding steroid dienone is 10. The molecule has 0 aliphatic carbocycles. The number of esters is 3. The van der Waals surface area contributed by atoms with Gasteiger partial charge in [-0.2, -0.15) is 0 Å². The minimum Gasteiger partial charge on any atom is -0.462 e. The third kappa shape index (κ3) is 52.1. The molecule has 0 N–H and O–H groups in total. The number of ether oxygens (including phenoxy) is 3. The van der Waals surface area contributed by atoms with Gasteiger partial charge in [-0.05, 0) is 64.2 Å². The van der Waals surface area contributed by atoms with E-state index >= 15 is 0 Å². The molecule has 0 aliphatic rings. The third-order valence-corrected chi connectivity index (χ3v) is 12.3. The maximum atomic E-state index is 12.8. The summed E-state index contributed by atoms with van der Waals surface area (Å²) in [7, 11) is 0. The minimum absolute atomic E-state index is 0.0997. The van der Waals surface area contributed by atoms with E-state index in [1.807, 2.05) is 6.08 Å². The summed E-state index contributed by atoms with van der Waals surface area (Å²) < 4.78 is 16.8. The van der Waals surface area contributed by atoms with Crippen LogP contribution < -0.4 is 0 Å². The first-order valence-electron chi connectivity index (χ1n) is 28.3. The molecule has 1 unspecified atom stereocenters. The molecule has 0 aliphatic heterocycles. The molecule has 0 fully saturated rings. The summed E-state index contributed by atoms with van der Waals surface area (Å²) in [6.07, 6.45) is 67.9. The van der Waals surface area contributed by atoms with Crippen molar-refractivity contribution in [1.82, 2.24) is 0 Å². The molecule has 66 heavy (non-hydrogen) atoms.